The topological polar surface area (TPSA) is 99.1 Å². The molecular formula is C19H34O7P+. The Morgan fingerprint density at radius 1 is 1.00 bits per heavy atom. The maximum Gasteiger partial charge on any atom is 0.540 e. The van der Waals surface area contributed by atoms with Gasteiger partial charge in [0.05, 0.1) is 6.61 Å². The molecule has 1 N–H and O–H groups in total. The van der Waals surface area contributed by atoms with Gasteiger partial charge in [0.25, 0.3) is 5.34 Å². The van der Waals surface area contributed by atoms with Gasteiger partial charge in [-0.15, -0.1) is 0 Å². The third-order valence-electron chi connectivity index (χ3n) is 4.56. The van der Waals surface area contributed by atoms with Crippen molar-refractivity contribution >= 4 is 20.0 Å². The van der Waals surface area contributed by atoms with E-state index in [4.69, 9.17) is 14.2 Å². The van der Waals surface area contributed by atoms with Gasteiger partial charge in [0, 0.05) is 25.3 Å². The summed E-state index contributed by atoms with van der Waals surface area (Å²) in [7, 11) is -2.39. The fourth-order valence-corrected chi connectivity index (χ4v) is 2.51. The highest BCUT2D eigenvalue weighted by Gasteiger charge is 2.43. The number of hydrogen-bond donors (Lipinski definition) is 1. The summed E-state index contributed by atoms with van der Waals surface area (Å²) < 4.78 is 26.8. The van der Waals surface area contributed by atoms with Crippen molar-refractivity contribution in [2.45, 2.75) is 78.5 Å². The lowest BCUT2D eigenvalue weighted by molar-refractivity contribution is -0.150. The Morgan fingerprint density at radius 3 is 2.19 bits per heavy atom. The highest BCUT2D eigenvalue weighted by atomic mass is 31.1. The maximum absolute atomic E-state index is 11.7. The number of allylic oxidation sites excluding steroid dienone is 1. The van der Waals surface area contributed by atoms with Gasteiger partial charge in [0.2, 0.25) is 0 Å². The summed E-state index contributed by atoms with van der Waals surface area (Å²) in [5.41, 5.74) is 1.57. The molecule has 0 bridgehead atoms. The van der Waals surface area contributed by atoms with E-state index in [0.717, 1.165) is 18.4 Å². The average molecular weight is 405 g/mol. The second-order valence-corrected chi connectivity index (χ2v) is 8.07. The van der Waals surface area contributed by atoms with E-state index in [9.17, 15) is 19.0 Å². The molecule has 0 spiro atoms. The molecule has 0 radical (unpaired) electrons. The molecule has 27 heavy (non-hydrogen) atoms. The van der Waals surface area contributed by atoms with Crippen LogP contribution in [0.1, 0.15) is 73.1 Å². The van der Waals surface area contributed by atoms with Gasteiger partial charge < -0.3 is 14.2 Å². The molecule has 2 unspecified atom stereocenters. The molecule has 0 saturated heterocycles. The molecule has 0 aromatic heterocycles. The maximum atomic E-state index is 11.7. The van der Waals surface area contributed by atoms with E-state index in [1.165, 1.54) is 0 Å². The van der Waals surface area contributed by atoms with Crippen LogP contribution in [0, 0.1) is 0 Å². The molecule has 156 valence electrons. The lowest BCUT2D eigenvalue weighted by atomic mass is 10.1. The largest absolute Gasteiger partial charge is 0.540 e. The van der Waals surface area contributed by atoms with Crippen molar-refractivity contribution in [3.63, 3.8) is 0 Å². The van der Waals surface area contributed by atoms with Crippen LogP contribution >= 0.6 is 8.03 Å². The monoisotopic (exact) mass is 405 g/mol. The molecule has 2 atom stereocenters. The first kappa shape index (κ1) is 25.7. The normalized spacial score (nSPS) is 14.8. The van der Waals surface area contributed by atoms with Crippen LogP contribution in [0.25, 0.3) is 0 Å². The molecule has 0 aromatic rings. The van der Waals surface area contributed by atoms with E-state index in [-0.39, 0.29) is 31.6 Å². The van der Waals surface area contributed by atoms with Gasteiger partial charge in [0.1, 0.15) is 13.2 Å². The van der Waals surface area contributed by atoms with E-state index in [1.807, 2.05) is 13.8 Å². The van der Waals surface area contributed by atoms with Crippen molar-refractivity contribution in [3.05, 3.63) is 11.1 Å². The molecule has 0 heterocycles. The first-order valence-corrected chi connectivity index (χ1v) is 10.7. The van der Waals surface area contributed by atoms with Gasteiger partial charge in [0.15, 0.2) is 0 Å². The van der Waals surface area contributed by atoms with Gasteiger partial charge in [-0.3, -0.25) is 4.79 Å². The van der Waals surface area contributed by atoms with Gasteiger partial charge in [-0.25, -0.2) is 4.79 Å². The van der Waals surface area contributed by atoms with Crippen LogP contribution in [0.15, 0.2) is 11.1 Å². The summed E-state index contributed by atoms with van der Waals surface area (Å²) in [6, 6.07) is 0. The number of hydrogen-bond acceptors (Lipinski definition) is 6. The number of unbranched alkanes of at least 4 members (excludes halogenated alkanes) is 2. The molecular weight excluding hydrogens is 371 g/mol. The highest BCUT2D eigenvalue weighted by Crippen LogP contribution is 2.38. The Hall–Kier alpha value is -1.30. The van der Waals surface area contributed by atoms with E-state index in [2.05, 4.69) is 0 Å². The van der Waals surface area contributed by atoms with E-state index in [1.54, 1.807) is 20.8 Å². The van der Waals surface area contributed by atoms with Crippen molar-refractivity contribution in [1.82, 2.24) is 0 Å². The van der Waals surface area contributed by atoms with Crippen molar-refractivity contribution in [2.75, 3.05) is 19.8 Å². The van der Waals surface area contributed by atoms with E-state index in [0.29, 0.717) is 31.4 Å². The lowest BCUT2D eigenvalue weighted by Gasteiger charge is -2.15. The average Bonchev–Trinajstić information content (AvgIpc) is 2.65. The first-order chi connectivity index (χ1) is 12.7. The molecule has 0 aliphatic rings. The molecule has 0 saturated carbocycles. The highest BCUT2D eigenvalue weighted by molar-refractivity contribution is 7.39. The summed E-state index contributed by atoms with van der Waals surface area (Å²) in [6.07, 6.45) is 3.63. The molecule has 0 rings (SSSR count). The minimum atomic E-state index is -2.39. The van der Waals surface area contributed by atoms with Crippen molar-refractivity contribution < 1.29 is 33.3 Å². The molecule has 0 aliphatic heterocycles. The summed E-state index contributed by atoms with van der Waals surface area (Å²) in [5, 5.41) is -1.01. The van der Waals surface area contributed by atoms with Gasteiger partial charge >= 0.3 is 20.0 Å². The van der Waals surface area contributed by atoms with Gasteiger partial charge in [-0.1, -0.05) is 25.8 Å². The third kappa shape index (κ3) is 10.6. The van der Waals surface area contributed by atoms with Crippen LogP contribution in [0.4, 0.5) is 0 Å². The van der Waals surface area contributed by atoms with E-state index < -0.39 is 13.4 Å². The van der Waals surface area contributed by atoms with Crippen molar-refractivity contribution in [2.24, 2.45) is 0 Å². The fraction of sp³-hybridized carbons (Fsp3) is 0.789. The quantitative estimate of drug-likeness (QED) is 0.199. The Labute approximate surface area is 163 Å². The van der Waals surface area contributed by atoms with Gasteiger partial charge in [-0.05, 0) is 37.7 Å². The zero-order chi connectivity index (χ0) is 20.9. The molecule has 0 aliphatic carbocycles. The van der Waals surface area contributed by atoms with Crippen molar-refractivity contribution in [3.8, 4) is 0 Å². The lowest BCUT2D eigenvalue weighted by Crippen LogP contribution is -2.23. The van der Waals surface area contributed by atoms with Gasteiger partial charge in [-0.2, -0.15) is 4.89 Å². The Bertz CT molecular complexity index is 530. The van der Waals surface area contributed by atoms with E-state index >= 15 is 0 Å². The molecule has 8 heteroatoms. The predicted octanol–water partition coefficient (Wildman–Crippen LogP) is 4.26. The molecule has 0 fully saturated rings. The van der Waals surface area contributed by atoms with Crippen LogP contribution in [0.2, 0.25) is 0 Å². The van der Waals surface area contributed by atoms with Crippen LogP contribution < -0.4 is 0 Å². The molecule has 7 nitrogen and oxygen atoms in total. The Morgan fingerprint density at radius 2 is 1.63 bits per heavy atom. The zero-order valence-electron chi connectivity index (χ0n) is 17.2. The minimum Gasteiger partial charge on any atom is -0.462 e. The third-order valence-corrected chi connectivity index (χ3v) is 5.81. The second-order valence-electron chi connectivity index (χ2n) is 6.58. The number of esters is 2. The fourth-order valence-electron chi connectivity index (χ4n) is 2.04. The number of carbonyl (C=O) groups is 2. The van der Waals surface area contributed by atoms with Crippen LogP contribution in [0.5, 0.6) is 0 Å². The Kier molecular flexibility index (Phi) is 13.1. The summed E-state index contributed by atoms with van der Waals surface area (Å²) in [4.78, 5) is 32.6. The molecule has 0 amide bonds. The van der Waals surface area contributed by atoms with Crippen LogP contribution in [-0.2, 0) is 28.4 Å². The minimum absolute atomic E-state index is 0.0433. The van der Waals surface area contributed by atoms with Crippen LogP contribution in [0.3, 0.4) is 0 Å². The second kappa shape index (κ2) is 13.8. The molecule has 0 aromatic carbocycles. The summed E-state index contributed by atoms with van der Waals surface area (Å²) in [5.74, 6) is -0.713. The smallest absolute Gasteiger partial charge is 0.462 e. The SMILES string of the molecule is CC/C(C)=C(/C)C(=O)OCCOC(=O)CCCCCOC(C)(CC)[P+](=O)O. The standard InChI is InChI=1S/C19H33O7P/c1-6-15(3)16(4)18(21)25-14-13-24-17(20)11-9-8-10-12-26-19(5,7-2)27(22)23/h6-14H2,1-5H3/p+1/b16-15-. The predicted molar refractivity (Wildman–Crippen MR) is 104 cm³/mol. The summed E-state index contributed by atoms with van der Waals surface area (Å²) >= 11 is 0. The first-order valence-electron chi connectivity index (χ1n) is 9.47. The van der Waals surface area contributed by atoms with Crippen molar-refractivity contribution in [1.29, 1.82) is 0 Å². The Balaban J connectivity index is 3.79. The van der Waals surface area contributed by atoms with Crippen LogP contribution in [-0.4, -0.2) is 42.0 Å². The number of carbonyl (C=O) groups excluding carboxylic acids is 2. The number of rotatable bonds is 14. The number of ether oxygens (including phenoxy) is 3. The zero-order valence-corrected chi connectivity index (χ0v) is 18.1. The summed E-state index contributed by atoms with van der Waals surface area (Å²) in [6.45, 7) is 9.46.